The van der Waals surface area contributed by atoms with Gasteiger partial charge in [-0.25, -0.2) is 0 Å². The van der Waals surface area contributed by atoms with Crippen molar-refractivity contribution in [3.05, 3.63) is 30.3 Å². The van der Waals surface area contributed by atoms with Crippen molar-refractivity contribution in [2.24, 2.45) is 0 Å². The highest BCUT2D eigenvalue weighted by Crippen LogP contribution is 2.34. The topological polar surface area (TPSA) is 304 Å². The number of aromatic nitrogens is 8. The average molecular weight is 373 g/mol. The van der Waals surface area contributed by atoms with Crippen LogP contribution in [0.2, 0.25) is 0 Å². The van der Waals surface area contributed by atoms with Crippen LogP contribution in [0.25, 0.3) is 23.0 Å². The number of nitrogens with one attached hydrogen (secondary N) is 3. The first-order valence-electron chi connectivity index (χ1n) is 5.75. The van der Waals surface area contributed by atoms with Crippen LogP contribution in [-0.2, 0) is 0 Å². The van der Waals surface area contributed by atoms with Gasteiger partial charge in [-0.2, -0.15) is 5.10 Å². The third kappa shape index (κ3) is 3.13. The molecule has 0 bridgehead atoms. The summed E-state index contributed by atoms with van der Waals surface area (Å²) in [5.74, 6) is -2.28. The van der Waals surface area contributed by atoms with Crippen LogP contribution in [0.1, 0.15) is 0 Å². The predicted molar refractivity (Wildman–Crippen MR) is 76.5 cm³/mol. The van der Waals surface area contributed by atoms with Gasteiger partial charge in [0.2, 0.25) is 11.4 Å². The van der Waals surface area contributed by atoms with E-state index >= 15 is 0 Å². The monoisotopic (exact) mass is 373 g/mol. The molecular weight excluding hydrogens is 366 g/mol. The van der Waals surface area contributed by atoms with Crippen LogP contribution in [0.3, 0.4) is 0 Å². The Morgan fingerprint density at radius 2 is 1.19 bits per heavy atom. The molecular formula is C7H7N11O8. The van der Waals surface area contributed by atoms with E-state index in [0.29, 0.717) is 0 Å². The van der Waals surface area contributed by atoms with Crippen molar-refractivity contribution in [3.8, 4) is 23.0 Å². The first-order chi connectivity index (χ1) is 11.4. The molecule has 0 radical (unpaired) electrons. The third-order valence-corrected chi connectivity index (χ3v) is 2.65. The summed E-state index contributed by atoms with van der Waals surface area (Å²) in [6, 6.07) is 0. The number of rotatable bonds is 5. The first kappa shape index (κ1) is 19.7. The average Bonchev–Trinajstić information content (AvgIpc) is 3.24. The lowest BCUT2D eigenvalue weighted by Gasteiger charge is -1.89. The van der Waals surface area contributed by atoms with Gasteiger partial charge in [-0.3, -0.25) is 15.2 Å². The number of nitro groups is 3. The lowest BCUT2D eigenvalue weighted by atomic mass is 10.2. The number of H-pyrrole nitrogens is 3. The van der Waals surface area contributed by atoms with Crippen LogP contribution in [0.5, 0.6) is 0 Å². The number of hydrogen-bond donors (Lipinski definition) is 3. The molecule has 0 aromatic carbocycles. The van der Waals surface area contributed by atoms with E-state index in [9.17, 15) is 30.3 Å². The van der Waals surface area contributed by atoms with Gasteiger partial charge >= 0.3 is 17.6 Å². The molecule has 0 aliphatic rings. The minimum Gasteiger partial charge on any atom is -0.412 e. The van der Waals surface area contributed by atoms with Gasteiger partial charge in [0, 0.05) is 0 Å². The molecule has 19 nitrogen and oxygen atoms in total. The summed E-state index contributed by atoms with van der Waals surface area (Å²) in [5, 5.41) is 49.2. The number of nitrogens with zero attached hydrogens (tertiary/aromatic N) is 8. The van der Waals surface area contributed by atoms with Crippen molar-refractivity contribution in [2.75, 3.05) is 0 Å². The Balaban J connectivity index is 0.00000169. The molecule has 0 spiro atoms. The molecule has 7 N–H and O–H groups in total. The zero-order valence-corrected chi connectivity index (χ0v) is 12.0. The third-order valence-electron chi connectivity index (χ3n) is 2.65. The normalized spacial score (nSPS) is 9.85. The highest BCUT2D eigenvalue weighted by molar-refractivity contribution is 5.76. The van der Waals surface area contributed by atoms with Gasteiger partial charge in [-0.05, 0) is 19.8 Å². The quantitative estimate of drug-likeness (QED) is 0.326. The maximum Gasteiger partial charge on any atom is 0.453 e. The van der Waals surface area contributed by atoms with E-state index in [1.54, 1.807) is 0 Å². The Bertz CT molecular complexity index is 901. The molecule has 3 aromatic heterocycles. The minimum atomic E-state index is -0.880. The second-order valence-corrected chi connectivity index (χ2v) is 4.03. The fourth-order valence-electron chi connectivity index (χ4n) is 1.71. The second kappa shape index (κ2) is 7.02. The van der Waals surface area contributed by atoms with Gasteiger partial charge in [-0.15, -0.1) is 10.2 Å². The molecule has 0 atom stereocenters. The maximum absolute atomic E-state index is 11.3. The molecule has 0 saturated heterocycles. The SMILES string of the molecule is O.O.O=[N+]([O-])c1nc(-c2n[nH]c(-c3n[nH]c([N+](=O)[O-])n3)c2[N+](=O)[O-])n[nH]1. The van der Waals surface area contributed by atoms with Gasteiger partial charge in [-0.1, -0.05) is 10.2 Å². The highest BCUT2D eigenvalue weighted by Gasteiger charge is 2.35. The molecule has 3 rings (SSSR count). The molecule has 0 aliphatic carbocycles. The van der Waals surface area contributed by atoms with Gasteiger partial charge in [0.1, 0.15) is 0 Å². The van der Waals surface area contributed by atoms with Crippen molar-refractivity contribution < 1.29 is 25.7 Å². The zero-order valence-electron chi connectivity index (χ0n) is 12.0. The number of aromatic amines is 3. The molecule has 26 heavy (non-hydrogen) atoms. The first-order valence-corrected chi connectivity index (χ1v) is 5.75. The molecule has 0 amide bonds. The summed E-state index contributed by atoms with van der Waals surface area (Å²) in [6.45, 7) is 0. The summed E-state index contributed by atoms with van der Waals surface area (Å²) in [4.78, 5) is 36.7. The van der Waals surface area contributed by atoms with Crippen molar-refractivity contribution in [1.29, 1.82) is 0 Å². The minimum absolute atomic E-state index is 0. The Morgan fingerprint density at radius 3 is 1.65 bits per heavy atom. The Hall–Kier alpha value is -4.39. The number of hydrogen-bond acceptors (Lipinski definition) is 11. The molecule has 0 aliphatic heterocycles. The summed E-state index contributed by atoms with van der Waals surface area (Å²) in [6.07, 6.45) is 0. The van der Waals surface area contributed by atoms with E-state index in [1.165, 1.54) is 0 Å². The summed E-state index contributed by atoms with van der Waals surface area (Å²) < 4.78 is 0. The maximum atomic E-state index is 11.3. The molecule has 3 heterocycles. The fraction of sp³-hybridized carbons (Fsp3) is 0. The second-order valence-electron chi connectivity index (χ2n) is 4.03. The van der Waals surface area contributed by atoms with Crippen LogP contribution in [-0.4, -0.2) is 66.3 Å². The molecule has 0 unspecified atom stereocenters. The van der Waals surface area contributed by atoms with E-state index in [2.05, 4.69) is 30.4 Å². The van der Waals surface area contributed by atoms with Crippen LogP contribution < -0.4 is 0 Å². The smallest absolute Gasteiger partial charge is 0.412 e. The standard InChI is InChI=1S/C7H3N11O6.2H2O/c19-16(20)3-1(4-8-6(14-12-4)17(21)22)10-11-2(3)5-9-7(15-13-5)18(23)24;;/h(H,10,11)(H,8,12,14)(H,9,13,15);2*1H2. The van der Waals surface area contributed by atoms with Gasteiger partial charge in [0.25, 0.3) is 11.6 Å². The van der Waals surface area contributed by atoms with Crippen LogP contribution in [0, 0.1) is 30.3 Å². The van der Waals surface area contributed by atoms with E-state index < -0.39 is 49.7 Å². The molecule has 138 valence electrons. The summed E-state index contributed by atoms with van der Waals surface area (Å²) in [7, 11) is 0. The van der Waals surface area contributed by atoms with Gasteiger partial charge in [0.05, 0.1) is 4.92 Å². The zero-order chi connectivity index (χ0) is 17.4. The Kier molecular flexibility index (Phi) is 5.30. The van der Waals surface area contributed by atoms with E-state index in [4.69, 9.17) is 0 Å². The van der Waals surface area contributed by atoms with E-state index in [1.807, 2.05) is 10.2 Å². The van der Waals surface area contributed by atoms with Gasteiger partial charge in [0.15, 0.2) is 0 Å². The van der Waals surface area contributed by atoms with Crippen LogP contribution in [0.4, 0.5) is 17.6 Å². The summed E-state index contributed by atoms with van der Waals surface area (Å²) in [5.41, 5.74) is -1.48. The Labute approximate surface area is 138 Å². The molecule has 0 fully saturated rings. The van der Waals surface area contributed by atoms with Crippen LogP contribution in [0.15, 0.2) is 0 Å². The largest absolute Gasteiger partial charge is 0.453 e. The predicted octanol–water partition coefficient (Wildman–Crippen LogP) is -1.94. The van der Waals surface area contributed by atoms with Crippen molar-refractivity contribution in [3.63, 3.8) is 0 Å². The molecule has 0 saturated carbocycles. The van der Waals surface area contributed by atoms with Crippen molar-refractivity contribution in [1.82, 2.24) is 40.6 Å². The lowest BCUT2D eigenvalue weighted by Crippen LogP contribution is -1.94. The molecule has 3 aromatic rings. The van der Waals surface area contributed by atoms with E-state index in [0.717, 1.165) is 0 Å². The van der Waals surface area contributed by atoms with Crippen LogP contribution >= 0.6 is 0 Å². The fourth-order valence-corrected chi connectivity index (χ4v) is 1.71. The highest BCUT2D eigenvalue weighted by atomic mass is 16.6. The summed E-state index contributed by atoms with van der Waals surface area (Å²) >= 11 is 0. The van der Waals surface area contributed by atoms with E-state index in [-0.39, 0.29) is 16.6 Å². The van der Waals surface area contributed by atoms with Crippen molar-refractivity contribution in [2.45, 2.75) is 0 Å². The lowest BCUT2D eigenvalue weighted by molar-refractivity contribution is -0.394. The molecule has 19 heteroatoms. The Morgan fingerprint density at radius 1 is 0.692 bits per heavy atom. The van der Waals surface area contributed by atoms with Crippen molar-refractivity contribution >= 4 is 17.6 Å². The van der Waals surface area contributed by atoms with Gasteiger partial charge < -0.3 is 31.2 Å².